The van der Waals surface area contributed by atoms with Crippen LogP contribution in [0.15, 0.2) is 46.9 Å². The van der Waals surface area contributed by atoms with Gasteiger partial charge in [0.05, 0.1) is 16.2 Å². The highest BCUT2D eigenvalue weighted by molar-refractivity contribution is 9.10. The standard InChI is InChI=1S/C14H10BrN3O2/c15-12-4-5-14(11(7-12)8-16)17-9-10-2-1-3-13(6-10)18(19)20/h1-7,17H,9H2. The molecule has 2 rings (SSSR count). The molecular weight excluding hydrogens is 322 g/mol. The Labute approximate surface area is 124 Å². The number of nitrogens with zero attached hydrogens (tertiary/aromatic N) is 2. The third-order valence-electron chi connectivity index (χ3n) is 2.71. The Balaban J connectivity index is 2.15. The fourth-order valence-corrected chi connectivity index (χ4v) is 2.10. The number of rotatable bonds is 4. The first kappa shape index (κ1) is 14.0. The number of hydrogen-bond acceptors (Lipinski definition) is 4. The minimum absolute atomic E-state index is 0.0561. The fraction of sp³-hybridized carbons (Fsp3) is 0.0714. The Hall–Kier alpha value is -2.39. The molecule has 0 radical (unpaired) electrons. The molecule has 2 aromatic rings. The van der Waals surface area contributed by atoms with Crippen molar-refractivity contribution in [2.75, 3.05) is 5.32 Å². The van der Waals surface area contributed by atoms with Gasteiger partial charge in [-0.1, -0.05) is 28.1 Å². The lowest BCUT2D eigenvalue weighted by Gasteiger charge is -2.08. The lowest BCUT2D eigenvalue weighted by Crippen LogP contribution is -2.01. The number of non-ortho nitro benzene ring substituents is 1. The van der Waals surface area contributed by atoms with Gasteiger partial charge >= 0.3 is 0 Å². The molecule has 100 valence electrons. The van der Waals surface area contributed by atoms with Crippen LogP contribution in [-0.2, 0) is 6.54 Å². The average molecular weight is 332 g/mol. The van der Waals surface area contributed by atoms with Crippen LogP contribution >= 0.6 is 15.9 Å². The van der Waals surface area contributed by atoms with Gasteiger partial charge < -0.3 is 5.32 Å². The molecule has 0 atom stereocenters. The molecule has 0 aliphatic carbocycles. The highest BCUT2D eigenvalue weighted by Gasteiger charge is 2.06. The molecule has 0 heterocycles. The number of nitro benzene ring substituents is 1. The summed E-state index contributed by atoms with van der Waals surface area (Å²) in [5, 5.41) is 22.9. The second-order valence-electron chi connectivity index (χ2n) is 4.08. The number of nitriles is 1. The van der Waals surface area contributed by atoms with Gasteiger partial charge in [0.25, 0.3) is 5.69 Å². The molecule has 0 saturated heterocycles. The van der Waals surface area contributed by atoms with E-state index in [0.717, 1.165) is 10.0 Å². The van der Waals surface area contributed by atoms with Gasteiger partial charge in [-0.2, -0.15) is 5.26 Å². The van der Waals surface area contributed by atoms with Gasteiger partial charge in [0.15, 0.2) is 0 Å². The minimum atomic E-state index is -0.427. The van der Waals surface area contributed by atoms with Gasteiger partial charge in [-0.15, -0.1) is 0 Å². The number of hydrogen-bond donors (Lipinski definition) is 1. The van der Waals surface area contributed by atoms with Gasteiger partial charge in [-0.25, -0.2) is 0 Å². The van der Waals surface area contributed by atoms with Crippen molar-refractivity contribution in [2.24, 2.45) is 0 Å². The van der Waals surface area contributed by atoms with Crippen molar-refractivity contribution in [1.29, 1.82) is 5.26 Å². The SMILES string of the molecule is N#Cc1cc(Br)ccc1NCc1cccc([N+](=O)[O-])c1. The molecule has 6 heteroatoms. The third-order valence-corrected chi connectivity index (χ3v) is 3.20. The summed E-state index contributed by atoms with van der Waals surface area (Å²) in [6, 6.07) is 13.8. The third kappa shape index (κ3) is 3.33. The molecule has 0 saturated carbocycles. The number of nitrogens with one attached hydrogen (secondary N) is 1. The molecule has 0 aromatic heterocycles. The van der Waals surface area contributed by atoms with Crippen molar-refractivity contribution in [3.8, 4) is 6.07 Å². The Morgan fingerprint density at radius 2 is 2.10 bits per heavy atom. The Kier molecular flexibility index (Phi) is 4.33. The van der Waals surface area contributed by atoms with Crippen molar-refractivity contribution < 1.29 is 4.92 Å². The van der Waals surface area contributed by atoms with E-state index in [-0.39, 0.29) is 5.69 Å². The van der Waals surface area contributed by atoms with Crippen LogP contribution < -0.4 is 5.32 Å². The van der Waals surface area contributed by atoms with E-state index in [9.17, 15) is 10.1 Å². The van der Waals surface area contributed by atoms with E-state index in [1.807, 2.05) is 6.07 Å². The van der Waals surface area contributed by atoms with Crippen molar-refractivity contribution in [2.45, 2.75) is 6.54 Å². The summed E-state index contributed by atoms with van der Waals surface area (Å²) < 4.78 is 0.829. The molecule has 0 spiro atoms. The summed E-state index contributed by atoms with van der Waals surface area (Å²) in [6.45, 7) is 0.415. The van der Waals surface area contributed by atoms with Crippen LogP contribution in [0.1, 0.15) is 11.1 Å². The zero-order chi connectivity index (χ0) is 14.5. The lowest BCUT2D eigenvalue weighted by molar-refractivity contribution is -0.384. The van der Waals surface area contributed by atoms with Gasteiger partial charge in [-0.05, 0) is 23.8 Å². The second kappa shape index (κ2) is 6.17. The maximum Gasteiger partial charge on any atom is 0.269 e. The van der Waals surface area contributed by atoms with Crippen LogP contribution in [0.4, 0.5) is 11.4 Å². The van der Waals surface area contributed by atoms with Crippen LogP contribution in [0, 0.1) is 21.4 Å². The topological polar surface area (TPSA) is 79.0 Å². The summed E-state index contributed by atoms with van der Waals surface area (Å²) in [7, 11) is 0. The van der Waals surface area contributed by atoms with E-state index >= 15 is 0 Å². The van der Waals surface area contributed by atoms with E-state index in [0.29, 0.717) is 17.8 Å². The maximum atomic E-state index is 10.7. The van der Waals surface area contributed by atoms with Gasteiger partial charge in [0, 0.05) is 23.2 Å². The number of benzene rings is 2. The van der Waals surface area contributed by atoms with Gasteiger partial charge in [0.2, 0.25) is 0 Å². The normalized spacial score (nSPS) is 9.80. The zero-order valence-corrected chi connectivity index (χ0v) is 11.9. The van der Waals surface area contributed by atoms with Crippen LogP contribution in [-0.4, -0.2) is 4.92 Å². The summed E-state index contributed by atoms with van der Waals surface area (Å²) in [5.41, 5.74) is 2.05. The van der Waals surface area contributed by atoms with E-state index in [1.54, 1.807) is 24.3 Å². The molecule has 0 aliphatic rings. The quantitative estimate of drug-likeness (QED) is 0.681. The first-order valence-corrected chi connectivity index (χ1v) is 6.56. The van der Waals surface area contributed by atoms with Crippen LogP contribution in [0.25, 0.3) is 0 Å². The molecule has 1 N–H and O–H groups in total. The Bertz CT molecular complexity index is 695. The Morgan fingerprint density at radius 1 is 1.30 bits per heavy atom. The highest BCUT2D eigenvalue weighted by Crippen LogP contribution is 2.21. The average Bonchev–Trinajstić information content (AvgIpc) is 2.46. The number of nitro groups is 1. The van der Waals surface area contributed by atoms with Crippen LogP contribution in [0.5, 0.6) is 0 Å². The fourth-order valence-electron chi connectivity index (χ4n) is 1.74. The molecule has 0 fully saturated rings. The predicted molar refractivity (Wildman–Crippen MR) is 79.3 cm³/mol. The summed E-state index contributed by atoms with van der Waals surface area (Å²) in [6.07, 6.45) is 0. The van der Waals surface area contributed by atoms with E-state index in [4.69, 9.17) is 5.26 Å². The first-order valence-electron chi connectivity index (χ1n) is 5.77. The molecule has 20 heavy (non-hydrogen) atoms. The van der Waals surface area contributed by atoms with Crippen molar-refractivity contribution >= 4 is 27.3 Å². The lowest BCUT2D eigenvalue weighted by atomic mass is 10.1. The van der Waals surface area contributed by atoms with Crippen molar-refractivity contribution in [3.05, 3.63) is 68.2 Å². The van der Waals surface area contributed by atoms with E-state index in [2.05, 4.69) is 27.3 Å². The number of halogens is 1. The molecule has 0 aliphatic heterocycles. The molecule has 0 unspecified atom stereocenters. The molecule has 5 nitrogen and oxygen atoms in total. The summed E-state index contributed by atoms with van der Waals surface area (Å²) in [5.74, 6) is 0. The minimum Gasteiger partial charge on any atom is -0.380 e. The summed E-state index contributed by atoms with van der Waals surface area (Å²) in [4.78, 5) is 10.3. The maximum absolute atomic E-state index is 10.7. The summed E-state index contributed by atoms with van der Waals surface area (Å²) >= 11 is 3.30. The monoisotopic (exact) mass is 331 g/mol. The largest absolute Gasteiger partial charge is 0.380 e. The van der Waals surface area contributed by atoms with E-state index in [1.165, 1.54) is 12.1 Å². The highest BCUT2D eigenvalue weighted by atomic mass is 79.9. The zero-order valence-electron chi connectivity index (χ0n) is 10.3. The molecular formula is C14H10BrN3O2. The predicted octanol–water partition coefficient (Wildman–Crippen LogP) is 3.84. The molecule has 0 amide bonds. The first-order chi connectivity index (χ1) is 9.60. The van der Waals surface area contributed by atoms with Crippen LogP contribution in [0.3, 0.4) is 0 Å². The second-order valence-corrected chi connectivity index (χ2v) is 5.00. The molecule has 2 aromatic carbocycles. The van der Waals surface area contributed by atoms with Crippen molar-refractivity contribution in [3.63, 3.8) is 0 Å². The molecule has 0 bridgehead atoms. The number of anilines is 1. The van der Waals surface area contributed by atoms with Crippen molar-refractivity contribution in [1.82, 2.24) is 0 Å². The van der Waals surface area contributed by atoms with Gasteiger partial charge in [0.1, 0.15) is 6.07 Å². The Morgan fingerprint density at radius 3 is 2.80 bits per heavy atom. The van der Waals surface area contributed by atoms with Crippen LogP contribution in [0.2, 0.25) is 0 Å². The smallest absolute Gasteiger partial charge is 0.269 e. The van der Waals surface area contributed by atoms with Gasteiger partial charge in [-0.3, -0.25) is 10.1 Å². The van der Waals surface area contributed by atoms with E-state index < -0.39 is 4.92 Å².